The van der Waals surface area contributed by atoms with E-state index in [1.807, 2.05) is 32.0 Å². The van der Waals surface area contributed by atoms with Gasteiger partial charge in [0.05, 0.1) is 12.6 Å². The number of hydrogen-bond acceptors (Lipinski definition) is 3. The molecule has 1 aromatic heterocycles. The summed E-state index contributed by atoms with van der Waals surface area (Å²) >= 11 is 0. The van der Waals surface area contributed by atoms with Gasteiger partial charge >= 0.3 is 0 Å². The standard InChI is InChI=1S/C18H24N2O3/c1-4-12(5-2)17(21)19-9-8-14-10-13-6-7-15(23-3)11-16(13)20-18(14)22/h6-7,10-12H,4-5,8-9H2,1-3H3,(H,19,21)(H,20,22). The number of fused-ring (bicyclic) bond motifs is 1. The number of carbonyl (C=O) groups is 1. The van der Waals surface area contributed by atoms with Crippen molar-refractivity contribution in [2.45, 2.75) is 33.1 Å². The second-order valence-corrected chi connectivity index (χ2v) is 5.63. The van der Waals surface area contributed by atoms with Gasteiger partial charge in [0.15, 0.2) is 0 Å². The van der Waals surface area contributed by atoms with Crippen LogP contribution in [0.4, 0.5) is 0 Å². The Morgan fingerprint density at radius 2 is 2.00 bits per heavy atom. The average molecular weight is 316 g/mol. The monoisotopic (exact) mass is 316 g/mol. The first-order valence-corrected chi connectivity index (χ1v) is 8.06. The van der Waals surface area contributed by atoms with Crippen LogP contribution in [0, 0.1) is 5.92 Å². The zero-order valence-corrected chi connectivity index (χ0v) is 13.9. The van der Waals surface area contributed by atoms with E-state index in [0.717, 1.165) is 23.7 Å². The lowest BCUT2D eigenvalue weighted by atomic mass is 10.0. The van der Waals surface area contributed by atoms with Crippen molar-refractivity contribution in [3.8, 4) is 5.75 Å². The molecule has 2 N–H and O–H groups in total. The first-order valence-electron chi connectivity index (χ1n) is 8.06. The normalized spacial score (nSPS) is 11.0. The number of pyridine rings is 1. The van der Waals surface area contributed by atoms with E-state index in [2.05, 4.69) is 10.3 Å². The molecule has 0 saturated carbocycles. The molecule has 0 fully saturated rings. The van der Waals surface area contributed by atoms with Gasteiger partial charge in [0.25, 0.3) is 5.56 Å². The molecule has 1 aromatic carbocycles. The molecule has 0 radical (unpaired) electrons. The number of methoxy groups -OCH3 is 1. The number of benzene rings is 1. The number of aromatic amines is 1. The van der Waals surface area contributed by atoms with E-state index in [0.29, 0.717) is 24.3 Å². The lowest BCUT2D eigenvalue weighted by molar-refractivity contribution is -0.125. The third kappa shape index (κ3) is 4.12. The maximum atomic E-state index is 12.1. The minimum atomic E-state index is -0.123. The van der Waals surface area contributed by atoms with Crippen LogP contribution in [0.15, 0.2) is 29.1 Å². The largest absolute Gasteiger partial charge is 0.497 e. The minimum Gasteiger partial charge on any atom is -0.497 e. The van der Waals surface area contributed by atoms with E-state index < -0.39 is 0 Å². The molecule has 0 atom stereocenters. The lowest BCUT2D eigenvalue weighted by Crippen LogP contribution is -2.32. The predicted octanol–water partition coefficient (Wildman–Crippen LogP) is 2.63. The highest BCUT2D eigenvalue weighted by Gasteiger charge is 2.13. The summed E-state index contributed by atoms with van der Waals surface area (Å²) in [4.78, 5) is 27.0. The summed E-state index contributed by atoms with van der Waals surface area (Å²) in [6.45, 7) is 4.49. The Bertz CT molecular complexity index is 733. The molecule has 124 valence electrons. The lowest BCUT2D eigenvalue weighted by Gasteiger charge is -2.12. The molecule has 0 aliphatic carbocycles. The number of carbonyl (C=O) groups excluding carboxylic acids is 1. The second-order valence-electron chi connectivity index (χ2n) is 5.63. The van der Waals surface area contributed by atoms with Crippen LogP contribution in [0.3, 0.4) is 0 Å². The van der Waals surface area contributed by atoms with Crippen molar-refractivity contribution in [2.24, 2.45) is 5.92 Å². The smallest absolute Gasteiger partial charge is 0.251 e. The first kappa shape index (κ1) is 17.1. The van der Waals surface area contributed by atoms with E-state index in [1.54, 1.807) is 13.2 Å². The van der Waals surface area contributed by atoms with Crippen LogP contribution in [-0.2, 0) is 11.2 Å². The highest BCUT2D eigenvalue weighted by Crippen LogP contribution is 2.18. The van der Waals surface area contributed by atoms with Gasteiger partial charge < -0.3 is 15.0 Å². The molecule has 0 saturated heterocycles. The molecule has 5 nitrogen and oxygen atoms in total. The Balaban J connectivity index is 2.07. The maximum Gasteiger partial charge on any atom is 0.251 e. The highest BCUT2D eigenvalue weighted by molar-refractivity contribution is 5.80. The number of rotatable bonds is 7. The molecule has 2 aromatic rings. The molecule has 1 heterocycles. The zero-order valence-electron chi connectivity index (χ0n) is 13.9. The molecular weight excluding hydrogens is 292 g/mol. The minimum absolute atomic E-state index is 0.0531. The van der Waals surface area contributed by atoms with Gasteiger partial charge in [-0.05, 0) is 42.8 Å². The zero-order chi connectivity index (χ0) is 16.8. The fourth-order valence-corrected chi connectivity index (χ4v) is 2.66. The summed E-state index contributed by atoms with van der Waals surface area (Å²) in [5.41, 5.74) is 1.30. The van der Waals surface area contributed by atoms with Gasteiger partial charge in [-0.1, -0.05) is 13.8 Å². The van der Waals surface area contributed by atoms with Crippen molar-refractivity contribution < 1.29 is 9.53 Å². The number of amides is 1. The number of nitrogens with one attached hydrogen (secondary N) is 2. The molecule has 1 amide bonds. The Morgan fingerprint density at radius 1 is 1.26 bits per heavy atom. The molecule has 5 heteroatoms. The second kappa shape index (κ2) is 7.81. The molecule has 23 heavy (non-hydrogen) atoms. The summed E-state index contributed by atoms with van der Waals surface area (Å²) < 4.78 is 5.16. The van der Waals surface area contributed by atoms with Crippen LogP contribution < -0.4 is 15.6 Å². The van der Waals surface area contributed by atoms with E-state index >= 15 is 0 Å². The van der Waals surface area contributed by atoms with Gasteiger partial charge in [-0.15, -0.1) is 0 Å². The van der Waals surface area contributed by atoms with Crippen molar-refractivity contribution in [2.75, 3.05) is 13.7 Å². The van der Waals surface area contributed by atoms with Crippen molar-refractivity contribution in [1.82, 2.24) is 10.3 Å². The SMILES string of the molecule is CCC(CC)C(=O)NCCc1cc2ccc(OC)cc2[nH]c1=O. The Hall–Kier alpha value is -2.30. The van der Waals surface area contributed by atoms with Gasteiger partial charge in [-0.25, -0.2) is 0 Å². The van der Waals surface area contributed by atoms with Gasteiger partial charge in [0.2, 0.25) is 5.91 Å². The summed E-state index contributed by atoms with van der Waals surface area (Å²) in [7, 11) is 1.59. The van der Waals surface area contributed by atoms with Crippen molar-refractivity contribution >= 4 is 16.8 Å². The molecule has 0 unspecified atom stereocenters. The quantitative estimate of drug-likeness (QED) is 0.825. The molecule has 0 spiro atoms. The van der Waals surface area contributed by atoms with E-state index in [-0.39, 0.29) is 17.4 Å². The molecule has 2 rings (SSSR count). The number of aromatic nitrogens is 1. The van der Waals surface area contributed by atoms with Crippen LogP contribution in [0.2, 0.25) is 0 Å². The van der Waals surface area contributed by atoms with Crippen LogP contribution >= 0.6 is 0 Å². The van der Waals surface area contributed by atoms with Gasteiger partial charge in [-0.3, -0.25) is 9.59 Å². The fourth-order valence-electron chi connectivity index (χ4n) is 2.66. The Labute approximate surface area is 136 Å². The average Bonchev–Trinajstić information content (AvgIpc) is 2.56. The Kier molecular flexibility index (Phi) is 5.79. The maximum absolute atomic E-state index is 12.1. The van der Waals surface area contributed by atoms with Gasteiger partial charge in [-0.2, -0.15) is 0 Å². The highest BCUT2D eigenvalue weighted by atomic mass is 16.5. The molecule has 0 aliphatic rings. The summed E-state index contributed by atoms with van der Waals surface area (Å²) in [5, 5.41) is 3.87. The first-order chi connectivity index (χ1) is 11.1. The van der Waals surface area contributed by atoms with Gasteiger partial charge in [0, 0.05) is 24.1 Å². The van der Waals surface area contributed by atoms with Gasteiger partial charge in [0.1, 0.15) is 5.75 Å². The fraction of sp³-hybridized carbons (Fsp3) is 0.444. The van der Waals surface area contributed by atoms with E-state index in [4.69, 9.17) is 4.74 Å². The molecule has 0 bridgehead atoms. The topological polar surface area (TPSA) is 71.2 Å². The van der Waals surface area contributed by atoms with Crippen LogP contribution in [0.5, 0.6) is 5.75 Å². The number of ether oxygens (including phenoxy) is 1. The summed E-state index contributed by atoms with van der Waals surface area (Å²) in [6, 6.07) is 7.45. The third-order valence-corrected chi connectivity index (χ3v) is 4.18. The number of hydrogen-bond donors (Lipinski definition) is 2. The summed E-state index contributed by atoms with van der Waals surface area (Å²) in [6.07, 6.45) is 2.19. The predicted molar refractivity (Wildman–Crippen MR) is 91.9 cm³/mol. The van der Waals surface area contributed by atoms with Crippen molar-refractivity contribution in [3.63, 3.8) is 0 Å². The molecular formula is C18H24N2O3. The van der Waals surface area contributed by atoms with Crippen LogP contribution in [-0.4, -0.2) is 24.5 Å². The van der Waals surface area contributed by atoms with Crippen molar-refractivity contribution in [3.05, 3.63) is 40.2 Å². The van der Waals surface area contributed by atoms with E-state index in [1.165, 1.54) is 0 Å². The van der Waals surface area contributed by atoms with E-state index in [9.17, 15) is 9.59 Å². The molecule has 0 aliphatic heterocycles. The van der Waals surface area contributed by atoms with Crippen LogP contribution in [0.25, 0.3) is 10.9 Å². The van der Waals surface area contributed by atoms with Crippen LogP contribution in [0.1, 0.15) is 32.3 Å². The summed E-state index contributed by atoms with van der Waals surface area (Å²) in [5.74, 6) is 0.827. The third-order valence-electron chi connectivity index (χ3n) is 4.18. The number of H-pyrrole nitrogens is 1. The Morgan fingerprint density at radius 3 is 2.65 bits per heavy atom. The van der Waals surface area contributed by atoms with Crippen molar-refractivity contribution in [1.29, 1.82) is 0 Å².